The molecule has 5 nitrogen and oxygen atoms in total. The topological polar surface area (TPSA) is 45.7 Å². The highest BCUT2D eigenvalue weighted by molar-refractivity contribution is 9.11. The van der Waals surface area contributed by atoms with Crippen LogP contribution in [0.1, 0.15) is 46.5 Å². The molecule has 0 atom stereocenters. The average molecular weight is 430 g/mol. The van der Waals surface area contributed by atoms with E-state index in [1.165, 1.54) is 12.8 Å². The lowest BCUT2D eigenvalue weighted by Gasteiger charge is -2.40. The SMILES string of the molecule is CC(C)(C)OC(=O)N1CCC(C2CCN(c3ncc(Br)s3)CC2)CC1. The molecule has 0 radical (unpaired) electrons. The Morgan fingerprint density at radius 1 is 1.16 bits per heavy atom. The second kappa shape index (κ2) is 7.82. The van der Waals surface area contributed by atoms with Gasteiger partial charge in [-0.3, -0.25) is 0 Å². The van der Waals surface area contributed by atoms with Crippen LogP contribution in [0, 0.1) is 11.8 Å². The summed E-state index contributed by atoms with van der Waals surface area (Å²) in [6, 6.07) is 0. The molecular weight excluding hydrogens is 402 g/mol. The summed E-state index contributed by atoms with van der Waals surface area (Å²) in [7, 11) is 0. The van der Waals surface area contributed by atoms with Gasteiger partial charge in [0.2, 0.25) is 0 Å². The average Bonchev–Trinajstić information content (AvgIpc) is 3.00. The van der Waals surface area contributed by atoms with Crippen molar-refractivity contribution in [2.24, 2.45) is 11.8 Å². The van der Waals surface area contributed by atoms with Crippen molar-refractivity contribution in [3.63, 3.8) is 0 Å². The monoisotopic (exact) mass is 429 g/mol. The Morgan fingerprint density at radius 3 is 2.20 bits per heavy atom. The Labute approximate surface area is 162 Å². The lowest BCUT2D eigenvalue weighted by Crippen LogP contribution is -2.44. The molecule has 1 aromatic heterocycles. The molecule has 3 heterocycles. The van der Waals surface area contributed by atoms with Crippen molar-refractivity contribution in [2.75, 3.05) is 31.1 Å². The lowest BCUT2D eigenvalue weighted by molar-refractivity contribution is 0.0152. The van der Waals surface area contributed by atoms with E-state index in [4.69, 9.17) is 4.74 Å². The van der Waals surface area contributed by atoms with Crippen LogP contribution in [0.3, 0.4) is 0 Å². The summed E-state index contributed by atoms with van der Waals surface area (Å²) in [5.41, 5.74) is -0.411. The van der Waals surface area contributed by atoms with Crippen LogP contribution in [0.15, 0.2) is 9.98 Å². The number of ether oxygens (including phenoxy) is 1. The van der Waals surface area contributed by atoms with Crippen molar-refractivity contribution < 1.29 is 9.53 Å². The van der Waals surface area contributed by atoms with Gasteiger partial charge in [0.25, 0.3) is 0 Å². The zero-order chi connectivity index (χ0) is 18.0. The summed E-state index contributed by atoms with van der Waals surface area (Å²) >= 11 is 5.21. The quantitative estimate of drug-likeness (QED) is 0.678. The maximum absolute atomic E-state index is 12.2. The van der Waals surface area contributed by atoms with E-state index >= 15 is 0 Å². The summed E-state index contributed by atoms with van der Waals surface area (Å²) in [6.07, 6.45) is 6.40. The third-order valence-electron chi connectivity index (χ3n) is 5.13. The molecule has 1 amide bonds. The van der Waals surface area contributed by atoms with Crippen molar-refractivity contribution in [1.29, 1.82) is 0 Å². The highest BCUT2D eigenvalue weighted by atomic mass is 79.9. The molecule has 3 rings (SSSR count). The Hall–Kier alpha value is -0.820. The fraction of sp³-hybridized carbons (Fsp3) is 0.778. The molecular formula is C18H28BrN3O2S. The molecule has 1 aromatic rings. The number of likely N-dealkylation sites (tertiary alicyclic amines) is 1. The summed E-state index contributed by atoms with van der Waals surface area (Å²) in [5, 5.41) is 1.13. The normalized spacial score (nSPS) is 20.8. The fourth-order valence-electron chi connectivity index (χ4n) is 3.83. The number of nitrogens with zero attached hydrogens (tertiary/aromatic N) is 3. The second-order valence-electron chi connectivity index (χ2n) is 8.08. The van der Waals surface area contributed by atoms with Gasteiger partial charge in [-0.1, -0.05) is 11.3 Å². The number of halogens is 1. The Balaban J connectivity index is 1.44. The summed E-state index contributed by atoms with van der Waals surface area (Å²) in [4.78, 5) is 20.9. The molecule has 7 heteroatoms. The van der Waals surface area contributed by atoms with Crippen LogP contribution in [0.4, 0.5) is 9.93 Å². The van der Waals surface area contributed by atoms with Crippen LogP contribution < -0.4 is 4.90 Å². The highest BCUT2D eigenvalue weighted by Crippen LogP contribution is 2.35. The number of hydrogen-bond acceptors (Lipinski definition) is 5. The van der Waals surface area contributed by atoms with Crippen molar-refractivity contribution in [2.45, 2.75) is 52.1 Å². The largest absolute Gasteiger partial charge is 0.444 e. The molecule has 2 fully saturated rings. The van der Waals surface area contributed by atoms with Gasteiger partial charge < -0.3 is 14.5 Å². The first kappa shape index (κ1) is 19.0. The van der Waals surface area contributed by atoms with E-state index in [1.807, 2.05) is 31.9 Å². The van der Waals surface area contributed by atoms with Gasteiger partial charge in [-0.05, 0) is 74.2 Å². The molecule has 0 bridgehead atoms. The highest BCUT2D eigenvalue weighted by Gasteiger charge is 2.32. The summed E-state index contributed by atoms with van der Waals surface area (Å²) < 4.78 is 6.59. The third kappa shape index (κ3) is 5.09. The van der Waals surface area contributed by atoms with Crippen molar-refractivity contribution >= 4 is 38.5 Å². The van der Waals surface area contributed by atoms with Crippen LogP contribution in [-0.2, 0) is 4.74 Å². The van der Waals surface area contributed by atoms with Gasteiger partial charge in [0.05, 0.1) is 9.98 Å². The van der Waals surface area contributed by atoms with Gasteiger partial charge in [-0.25, -0.2) is 9.78 Å². The standard InChI is InChI=1S/C18H28BrN3O2S/c1-18(2,3)24-17(23)22-10-6-14(7-11-22)13-4-8-21(9-5-13)16-20-12-15(19)25-16/h12-14H,4-11H2,1-3H3. The molecule has 2 saturated heterocycles. The number of piperidine rings is 2. The number of aromatic nitrogens is 1. The minimum Gasteiger partial charge on any atom is -0.444 e. The zero-order valence-electron chi connectivity index (χ0n) is 15.3. The van der Waals surface area contributed by atoms with E-state index in [0.29, 0.717) is 0 Å². The van der Waals surface area contributed by atoms with Crippen molar-refractivity contribution in [3.05, 3.63) is 9.98 Å². The molecule has 25 heavy (non-hydrogen) atoms. The molecule has 0 aliphatic carbocycles. The third-order valence-corrected chi connectivity index (χ3v) is 6.67. The number of rotatable bonds is 2. The summed E-state index contributed by atoms with van der Waals surface area (Å²) in [5.74, 6) is 1.52. The molecule has 2 aliphatic heterocycles. The second-order valence-corrected chi connectivity index (χ2v) is 10.5. The molecule has 0 saturated carbocycles. The van der Waals surface area contributed by atoms with Crippen LogP contribution in [0.5, 0.6) is 0 Å². The Kier molecular flexibility index (Phi) is 5.93. The van der Waals surface area contributed by atoms with Gasteiger partial charge in [-0.2, -0.15) is 0 Å². The number of thiazole rings is 1. The fourth-order valence-corrected chi connectivity index (χ4v) is 5.07. The number of hydrogen-bond donors (Lipinski definition) is 0. The molecule has 2 aliphatic rings. The summed E-state index contributed by atoms with van der Waals surface area (Å²) in [6.45, 7) is 9.62. The van der Waals surface area contributed by atoms with Crippen LogP contribution >= 0.6 is 27.3 Å². The van der Waals surface area contributed by atoms with Gasteiger partial charge in [-0.15, -0.1) is 0 Å². The first-order valence-corrected chi connectivity index (χ1v) is 10.8. The van der Waals surface area contributed by atoms with Crippen LogP contribution in [0.25, 0.3) is 0 Å². The lowest BCUT2D eigenvalue weighted by atomic mass is 9.79. The molecule has 140 valence electrons. The molecule has 0 unspecified atom stereocenters. The molecule has 0 spiro atoms. The van der Waals surface area contributed by atoms with Gasteiger partial charge in [0.15, 0.2) is 5.13 Å². The predicted molar refractivity (Wildman–Crippen MR) is 105 cm³/mol. The van der Waals surface area contributed by atoms with Crippen molar-refractivity contribution in [1.82, 2.24) is 9.88 Å². The Morgan fingerprint density at radius 2 is 1.72 bits per heavy atom. The first-order valence-electron chi connectivity index (χ1n) is 9.16. The zero-order valence-corrected chi connectivity index (χ0v) is 17.7. The number of anilines is 1. The minimum atomic E-state index is -0.411. The maximum Gasteiger partial charge on any atom is 0.410 e. The van der Waals surface area contributed by atoms with Crippen LogP contribution in [-0.4, -0.2) is 47.8 Å². The number of carbonyl (C=O) groups excluding carboxylic acids is 1. The minimum absolute atomic E-state index is 0.157. The Bertz CT molecular complexity index is 585. The van der Waals surface area contributed by atoms with E-state index in [0.717, 1.165) is 59.8 Å². The van der Waals surface area contributed by atoms with E-state index in [2.05, 4.69) is 25.8 Å². The van der Waals surface area contributed by atoms with E-state index in [-0.39, 0.29) is 6.09 Å². The van der Waals surface area contributed by atoms with E-state index in [1.54, 1.807) is 11.3 Å². The smallest absolute Gasteiger partial charge is 0.410 e. The van der Waals surface area contributed by atoms with Crippen LogP contribution in [0.2, 0.25) is 0 Å². The molecule has 0 N–H and O–H groups in total. The van der Waals surface area contributed by atoms with Gasteiger partial charge in [0, 0.05) is 26.2 Å². The number of carbonyl (C=O) groups is 1. The van der Waals surface area contributed by atoms with E-state index in [9.17, 15) is 4.79 Å². The predicted octanol–water partition coefficient (Wildman–Crippen LogP) is 4.77. The number of amides is 1. The van der Waals surface area contributed by atoms with Gasteiger partial charge >= 0.3 is 6.09 Å². The van der Waals surface area contributed by atoms with Gasteiger partial charge in [0.1, 0.15) is 5.60 Å². The molecule has 0 aromatic carbocycles. The first-order chi connectivity index (χ1) is 11.8. The maximum atomic E-state index is 12.2. The van der Waals surface area contributed by atoms with E-state index < -0.39 is 5.60 Å². The van der Waals surface area contributed by atoms with Crippen molar-refractivity contribution in [3.8, 4) is 0 Å².